The molecule has 0 spiro atoms. The van der Waals surface area contributed by atoms with Gasteiger partial charge < -0.3 is 5.32 Å². The summed E-state index contributed by atoms with van der Waals surface area (Å²) in [5.74, 6) is 0. The first kappa shape index (κ1) is 19.2. The molecule has 1 N–H and O–H groups in total. The molecule has 0 aliphatic rings. The van der Waals surface area contributed by atoms with Crippen molar-refractivity contribution in [2.75, 3.05) is 18.1 Å². The van der Waals surface area contributed by atoms with Gasteiger partial charge in [-0.25, -0.2) is 8.42 Å². The summed E-state index contributed by atoms with van der Waals surface area (Å²) >= 11 is 6.25. The highest BCUT2D eigenvalue weighted by atomic mass is 35.5. The Morgan fingerprint density at radius 3 is 2.40 bits per heavy atom. The van der Waals surface area contributed by atoms with Crippen molar-refractivity contribution < 1.29 is 13.3 Å². The molecule has 0 saturated heterocycles. The topological polar surface area (TPSA) is 89.3 Å². The van der Waals surface area contributed by atoms with E-state index in [9.17, 15) is 18.5 Å². The van der Waals surface area contributed by atoms with Gasteiger partial charge in [-0.15, -0.1) is 0 Å². The first-order valence-electron chi connectivity index (χ1n) is 7.50. The van der Waals surface area contributed by atoms with E-state index in [2.05, 4.69) is 5.32 Å². The van der Waals surface area contributed by atoms with Crippen molar-refractivity contribution in [1.29, 1.82) is 0 Å². The highest BCUT2D eigenvalue weighted by Crippen LogP contribution is 2.31. The molecule has 0 aliphatic carbocycles. The molecular formula is C17H19ClN2O4S. The number of nitrogens with one attached hydrogen (secondary N) is 1. The zero-order valence-corrected chi connectivity index (χ0v) is 15.7. The molecule has 6 nitrogen and oxygen atoms in total. The maximum absolute atomic E-state index is 11.8. The van der Waals surface area contributed by atoms with Gasteiger partial charge in [-0.05, 0) is 23.8 Å². The van der Waals surface area contributed by atoms with Crippen LogP contribution in [0.1, 0.15) is 19.4 Å². The third kappa shape index (κ3) is 4.49. The lowest BCUT2D eigenvalue weighted by atomic mass is 9.84. The van der Waals surface area contributed by atoms with Crippen molar-refractivity contribution in [3.8, 4) is 0 Å². The maximum atomic E-state index is 11.8. The molecule has 0 aliphatic heterocycles. The Hall–Kier alpha value is -2.12. The molecule has 0 radical (unpaired) electrons. The van der Waals surface area contributed by atoms with Crippen LogP contribution >= 0.6 is 11.6 Å². The van der Waals surface area contributed by atoms with Crippen molar-refractivity contribution in [3.05, 3.63) is 63.2 Å². The Morgan fingerprint density at radius 1 is 1.20 bits per heavy atom. The number of halogens is 1. The van der Waals surface area contributed by atoms with Gasteiger partial charge in [0.1, 0.15) is 4.90 Å². The van der Waals surface area contributed by atoms with Crippen LogP contribution in [0.25, 0.3) is 0 Å². The van der Waals surface area contributed by atoms with Crippen LogP contribution in [0.3, 0.4) is 0 Å². The molecule has 0 fully saturated rings. The van der Waals surface area contributed by atoms with E-state index in [-0.39, 0.29) is 10.3 Å². The summed E-state index contributed by atoms with van der Waals surface area (Å²) in [7, 11) is -3.72. The number of anilines is 1. The minimum absolute atomic E-state index is 0.307. The quantitative estimate of drug-likeness (QED) is 0.601. The zero-order chi connectivity index (χ0) is 18.8. The summed E-state index contributed by atoms with van der Waals surface area (Å²) in [5, 5.41) is 14.8. The Kier molecular flexibility index (Phi) is 5.39. The lowest BCUT2D eigenvalue weighted by Gasteiger charge is -2.27. The fourth-order valence-electron chi connectivity index (χ4n) is 2.50. The number of hydrogen-bond acceptors (Lipinski definition) is 5. The lowest BCUT2D eigenvalue weighted by molar-refractivity contribution is -0.387. The largest absolute Gasteiger partial charge is 0.384 e. The predicted octanol–water partition coefficient (Wildman–Crippen LogP) is 4.04. The molecule has 2 rings (SSSR count). The van der Waals surface area contributed by atoms with Crippen LogP contribution in [-0.4, -0.2) is 26.1 Å². The van der Waals surface area contributed by atoms with Gasteiger partial charge in [0.15, 0.2) is 9.84 Å². The second-order valence-corrected chi connectivity index (χ2v) is 8.82. The number of nitro benzene ring substituents is 1. The van der Waals surface area contributed by atoms with Crippen LogP contribution < -0.4 is 5.32 Å². The minimum atomic E-state index is -3.72. The third-order valence-corrected chi connectivity index (χ3v) is 5.35. The van der Waals surface area contributed by atoms with E-state index in [1.807, 2.05) is 38.1 Å². The average Bonchev–Trinajstić information content (AvgIpc) is 2.52. The second-order valence-electron chi connectivity index (χ2n) is 6.43. The summed E-state index contributed by atoms with van der Waals surface area (Å²) in [6.07, 6.45) is 0.951. The molecule has 0 atom stereocenters. The van der Waals surface area contributed by atoms with Crippen LogP contribution in [0.5, 0.6) is 0 Å². The fourth-order valence-corrected chi connectivity index (χ4v) is 3.76. The van der Waals surface area contributed by atoms with Gasteiger partial charge in [0, 0.05) is 35.0 Å². The maximum Gasteiger partial charge on any atom is 0.288 e. The Morgan fingerprint density at radius 2 is 1.84 bits per heavy atom. The summed E-state index contributed by atoms with van der Waals surface area (Å²) in [4.78, 5) is 10.0. The van der Waals surface area contributed by atoms with Crippen molar-refractivity contribution >= 4 is 32.8 Å². The molecule has 8 heteroatoms. The molecule has 25 heavy (non-hydrogen) atoms. The Balaban J connectivity index is 2.30. The van der Waals surface area contributed by atoms with Crippen LogP contribution in [0.15, 0.2) is 47.4 Å². The van der Waals surface area contributed by atoms with Gasteiger partial charge in [0.2, 0.25) is 0 Å². The number of nitrogens with zero attached hydrogens (tertiary/aromatic N) is 1. The standard InChI is InChI=1S/C17H19ClN2O4S/c1-17(2,13-6-4-5-7-14(13)18)11-19-12-8-9-15(20(21)22)16(10-12)25(3,23)24/h4-10,19H,11H2,1-3H3. The molecule has 2 aromatic carbocycles. The normalized spacial score (nSPS) is 12.0. The predicted molar refractivity (Wildman–Crippen MR) is 99.2 cm³/mol. The van der Waals surface area contributed by atoms with Crippen molar-refractivity contribution in [1.82, 2.24) is 0 Å². The highest BCUT2D eigenvalue weighted by Gasteiger charge is 2.25. The van der Waals surface area contributed by atoms with Crippen molar-refractivity contribution in [2.24, 2.45) is 0 Å². The molecule has 0 unspecified atom stereocenters. The van der Waals surface area contributed by atoms with Crippen LogP contribution in [0.4, 0.5) is 11.4 Å². The minimum Gasteiger partial charge on any atom is -0.384 e. The molecule has 0 amide bonds. The first-order chi connectivity index (χ1) is 11.5. The van der Waals surface area contributed by atoms with E-state index >= 15 is 0 Å². The summed E-state index contributed by atoms with van der Waals surface area (Å²) in [5.41, 5.74) is 0.685. The third-order valence-electron chi connectivity index (χ3n) is 3.89. The fraction of sp³-hybridized carbons (Fsp3) is 0.294. The molecule has 0 aromatic heterocycles. The average molecular weight is 383 g/mol. The smallest absolute Gasteiger partial charge is 0.288 e. The Labute approximate surface area is 151 Å². The second kappa shape index (κ2) is 7.01. The summed E-state index contributed by atoms with van der Waals surface area (Å²) in [6, 6.07) is 11.5. The lowest BCUT2D eigenvalue weighted by Crippen LogP contribution is -2.28. The molecule has 2 aromatic rings. The molecule has 134 valence electrons. The number of sulfone groups is 1. The van der Waals surface area contributed by atoms with Gasteiger partial charge in [0.05, 0.1) is 4.92 Å². The Bertz CT molecular complexity index is 911. The van der Waals surface area contributed by atoms with Crippen LogP contribution in [0.2, 0.25) is 5.02 Å². The van der Waals surface area contributed by atoms with E-state index in [1.54, 1.807) is 0 Å². The molecule has 0 heterocycles. The van der Waals surface area contributed by atoms with E-state index in [0.29, 0.717) is 17.3 Å². The molecule has 0 bridgehead atoms. The van der Waals surface area contributed by atoms with Crippen LogP contribution in [0, 0.1) is 10.1 Å². The molecular weight excluding hydrogens is 364 g/mol. The number of hydrogen-bond donors (Lipinski definition) is 1. The number of benzene rings is 2. The summed E-state index contributed by atoms with van der Waals surface area (Å²) < 4.78 is 23.7. The van der Waals surface area contributed by atoms with Gasteiger partial charge in [0.25, 0.3) is 5.69 Å². The SMILES string of the molecule is CC(C)(CNc1ccc([N+](=O)[O-])c(S(C)(=O)=O)c1)c1ccccc1Cl. The van der Waals surface area contributed by atoms with Crippen LogP contribution in [-0.2, 0) is 15.3 Å². The zero-order valence-electron chi connectivity index (χ0n) is 14.1. The van der Waals surface area contributed by atoms with E-state index in [0.717, 1.165) is 11.8 Å². The van der Waals surface area contributed by atoms with Gasteiger partial charge in [-0.2, -0.15) is 0 Å². The van der Waals surface area contributed by atoms with E-state index in [1.165, 1.54) is 18.2 Å². The van der Waals surface area contributed by atoms with Crippen molar-refractivity contribution in [2.45, 2.75) is 24.2 Å². The first-order valence-corrected chi connectivity index (χ1v) is 9.77. The highest BCUT2D eigenvalue weighted by molar-refractivity contribution is 7.90. The van der Waals surface area contributed by atoms with Gasteiger partial charge in [-0.1, -0.05) is 43.6 Å². The monoisotopic (exact) mass is 382 g/mol. The molecule has 0 saturated carbocycles. The van der Waals surface area contributed by atoms with Gasteiger partial charge >= 0.3 is 0 Å². The summed E-state index contributed by atoms with van der Waals surface area (Å²) in [6.45, 7) is 4.48. The van der Waals surface area contributed by atoms with Crippen molar-refractivity contribution in [3.63, 3.8) is 0 Å². The number of rotatable bonds is 6. The van der Waals surface area contributed by atoms with E-state index in [4.69, 9.17) is 11.6 Å². The number of nitro groups is 1. The van der Waals surface area contributed by atoms with Gasteiger partial charge in [-0.3, -0.25) is 10.1 Å². The van der Waals surface area contributed by atoms with E-state index < -0.39 is 20.4 Å².